The van der Waals surface area contributed by atoms with Crippen molar-refractivity contribution >= 4 is 22.6 Å². The largest absolute Gasteiger partial charge is 0.395 e. The Morgan fingerprint density at radius 2 is 2.35 bits per heavy atom. The smallest absolute Gasteiger partial charge is 0.257 e. The van der Waals surface area contributed by atoms with Gasteiger partial charge >= 0.3 is 0 Å². The van der Waals surface area contributed by atoms with Crippen LogP contribution in [0.15, 0.2) is 18.2 Å². The van der Waals surface area contributed by atoms with Crippen molar-refractivity contribution in [3.8, 4) is 11.8 Å². The highest BCUT2D eigenvalue weighted by molar-refractivity contribution is 7.09. The fourth-order valence-electron chi connectivity index (χ4n) is 1.58. The van der Waals surface area contributed by atoms with Crippen molar-refractivity contribution in [2.24, 2.45) is 0 Å². The summed E-state index contributed by atoms with van der Waals surface area (Å²) in [5.74, 6) is 5.51. The lowest BCUT2D eigenvalue weighted by atomic mass is 10.0. The fraction of sp³-hybridized carbons (Fsp3) is 0.231. The number of anilines is 1. The first-order chi connectivity index (χ1) is 9.72. The SMILES string of the molecule is Cc1c(C#CCCO)cccc1C(=O)Nc1nnns1. The number of nitrogens with zero attached hydrogens (tertiary/aromatic N) is 3. The number of carbonyl (C=O) groups is 1. The van der Waals surface area contributed by atoms with Crippen LogP contribution in [-0.2, 0) is 0 Å². The first-order valence-electron chi connectivity index (χ1n) is 5.88. The Morgan fingerprint density at radius 1 is 1.50 bits per heavy atom. The molecule has 0 fully saturated rings. The van der Waals surface area contributed by atoms with Gasteiger partial charge in [-0.25, -0.2) is 0 Å². The maximum atomic E-state index is 12.1. The Hall–Kier alpha value is -2.30. The Morgan fingerprint density at radius 3 is 3.05 bits per heavy atom. The molecule has 1 aromatic carbocycles. The minimum absolute atomic E-state index is 0.0241. The molecule has 0 bridgehead atoms. The molecule has 2 N–H and O–H groups in total. The molecule has 0 aliphatic rings. The Bertz CT molecular complexity index is 659. The summed E-state index contributed by atoms with van der Waals surface area (Å²) in [6.07, 6.45) is 0.409. The molecule has 0 radical (unpaired) electrons. The molecule has 2 rings (SSSR count). The number of nitrogens with one attached hydrogen (secondary N) is 1. The van der Waals surface area contributed by atoms with Crippen LogP contribution in [0.5, 0.6) is 0 Å². The number of amides is 1. The average Bonchev–Trinajstić information content (AvgIpc) is 2.93. The van der Waals surface area contributed by atoms with Gasteiger partial charge in [-0.1, -0.05) is 27.5 Å². The molecule has 0 saturated carbocycles. The van der Waals surface area contributed by atoms with Crippen LogP contribution in [-0.4, -0.2) is 32.4 Å². The van der Waals surface area contributed by atoms with Crippen molar-refractivity contribution in [1.29, 1.82) is 0 Å². The first-order valence-corrected chi connectivity index (χ1v) is 6.65. The van der Waals surface area contributed by atoms with Gasteiger partial charge in [0.1, 0.15) is 0 Å². The summed E-state index contributed by atoms with van der Waals surface area (Å²) in [4.78, 5) is 12.1. The van der Waals surface area contributed by atoms with Crippen molar-refractivity contribution < 1.29 is 9.90 Å². The first kappa shape index (κ1) is 14.1. The predicted octanol–water partition coefficient (Wildman–Crippen LogP) is 1.23. The summed E-state index contributed by atoms with van der Waals surface area (Å²) >= 11 is 1.01. The number of benzene rings is 1. The number of aliphatic hydroxyl groups is 1. The zero-order chi connectivity index (χ0) is 14.4. The highest BCUT2D eigenvalue weighted by atomic mass is 32.1. The highest BCUT2D eigenvalue weighted by Gasteiger charge is 2.12. The number of aromatic nitrogens is 3. The second-order valence-corrected chi connectivity index (χ2v) is 4.61. The summed E-state index contributed by atoms with van der Waals surface area (Å²) in [7, 11) is 0. The molecule has 0 spiro atoms. The zero-order valence-corrected chi connectivity index (χ0v) is 11.6. The molecule has 0 atom stereocenters. The van der Waals surface area contributed by atoms with Crippen LogP contribution in [0.4, 0.5) is 5.13 Å². The van der Waals surface area contributed by atoms with Gasteiger partial charge in [-0.3, -0.25) is 10.1 Å². The van der Waals surface area contributed by atoms with E-state index < -0.39 is 0 Å². The summed E-state index contributed by atoms with van der Waals surface area (Å²) in [6, 6.07) is 5.32. The zero-order valence-electron chi connectivity index (χ0n) is 10.8. The van der Waals surface area contributed by atoms with Gasteiger partial charge in [-0.2, -0.15) is 0 Å². The standard InChI is InChI=1S/C13H12N4O2S/c1-9-10(5-2-3-8-18)6-4-7-11(9)12(19)14-13-15-16-17-20-13/h4,6-7,18H,3,8H2,1H3,(H,14,15,17,19). The Kier molecular flexibility index (Phi) is 4.76. The molecule has 0 aliphatic heterocycles. The van der Waals surface area contributed by atoms with E-state index in [1.807, 2.05) is 13.0 Å². The second-order valence-electron chi connectivity index (χ2n) is 3.88. The van der Waals surface area contributed by atoms with Gasteiger partial charge < -0.3 is 5.11 Å². The number of aliphatic hydroxyl groups excluding tert-OH is 1. The van der Waals surface area contributed by atoms with Crippen LogP contribution >= 0.6 is 11.5 Å². The van der Waals surface area contributed by atoms with Gasteiger partial charge in [0.2, 0.25) is 5.13 Å². The van der Waals surface area contributed by atoms with Crippen molar-refractivity contribution in [1.82, 2.24) is 14.8 Å². The third-order valence-corrected chi connectivity index (χ3v) is 3.07. The minimum Gasteiger partial charge on any atom is -0.395 e. The van der Waals surface area contributed by atoms with Crippen LogP contribution < -0.4 is 5.32 Å². The van der Waals surface area contributed by atoms with Crippen LogP contribution in [0.3, 0.4) is 0 Å². The van der Waals surface area contributed by atoms with Crippen molar-refractivity contribution in [3.05, 3.63) is 34.9 Å². The maximum Gasteiger partial charge on any atom is 0.257 e. The minimum atomic E-state index is -0.271. The van der Waals surface area contributed by atoms with Gasteiger partial charge in [-0.15, -0.1) is 0 Å². The Labute approximate surface area is 120 Å². The van der Waals surface area contributed by atoms with Gasteiger partial charge in [-0.05, 0) is 29.8 Å². The second kappa shape index (κ2) is 6.75. The predicted molar refractivity (Wildman–Crippen MR) is 75.4 cm³/mol. The van der Waals surface area contributed by atoms with E-state index in [2.05, 4.69) is 32.0 Å². The molecule has 102 valence electrons. The molecule has 1 heterocycles. The lowest BCUT2D eigenvalue weighted by Gasteiger charge is -2.06. The summed E-state index contributed by atoms with van der Waals surface area (Å²) in [5.41, 5.74) is 2.07. The molecule has 2 aromatic rings. The van der Waals surface area contributed by atoms with Gasteiger partial charge in [0.15, 0.2) is 0 Å². The lowest BCUT2D eigenvalue weighted by Crippen LogP contribution is -2.13. The van der Waals surface area contributed by atoms with Gasteiger partial charge in [0.25, 0.3) is 5.91 Å². The van der Waals surface area contributed by atoms with Gasteiger partial charge in [0, 0.05) is 29.1 Å². The molecular weight excluding hydrogens is 276 g/mol. The number of rotatable bonds is 3. The number of hydrogen-bond acceptors (Lipinski definition) is 6. The van der Waals surface area contributed by atoms with E-state index in [4.69, 9.17) is 5.11 Å². The molecule has 6 nitrogen and oxygen atoms in total. The van der Waals surface area contributed by atoms with E-state index in [0.29, 0.717) is 17.1 Å². The molecule has 0 unspecified atom stereocenters. The van der Waals surface area contributed by atoms with Gasteiger partial charge in [0.05, 0.1) is 6.61 Å². The summed E-state index contributed by atoms with van der Waals surface area (Å²) in [6.45, 7) is 1.85. The molecule has 0 aliphatic carbocycles. The summed E-state index contributed by atoms with van der Waals surface area (Å²) < 4.78 is 3.58. The van der Waals surface area contributed by atoms with E-state index in [1.54, 1.807) is 12.1 Å². The normalized spacial score (nSPS) is 9.70. The number of carbonyl (C=O) groups excluding carboxylic acids is 1. The third-order valence-electron chi connectivity index (χ3n) is 2.56. The van der Waals surface area contributed by atoms with E-state index in [-0.39, 0.29) is 12.5 Å². The molecular formula is C13H12N4O2S. The van der Waals surface area contributed by atoms with E-state index in [1.165, 1.54) is 0 Å². The van der Waals surface area contributed by atoms with Crippen LogP contribution in [0.25, 0.3) is 0 Å². The fourth-order valence-corrected chi connectivity index (χ4v) is 1.94. The Balaban J connectivity index is 2.22. The maximum absolute atomic E-state index is 12.1. The molecule has 0 saturated heterocycles. The van der Waals surface area contributed by atoms with Crippen molar-refractivity contribution in [3.63, 3.8) is 0 Å². The van der Waals surface area contributed by atoms with Crippen molar-refractivity contribution in [2.45, 2.75) is 13.3 Å². The van der Waals surface area contributed by atoms with E-state index in [9.17, 15) is 4.79 Å². The lowest BCUT2D eigenvalue weighted by molar-refractivity contribution is 0.102. The molecule has 1 amide bonds. The van der Waals surface area contributed by atoms with E-state index >= 15 is 0 Å². The molecule has 1 aromatic heterocycles. The molecule has 7 heteroatoms. The van der Waals surface area contributed by atoms with Crippen molar-refractivity contribution in [2.75, 3.05) is 11.9 Å². The van der Waals surface area contributed by atoms with Crippen LogP contribution in [0.2, 0.25) is 0 Å². The quantitative estimate of drug-likeness (QED) is 0.829. The van der Waals surface area contributed by atoms with Crippen LogP contribution in [0, 0.1) is 18.8 Å². The molecule has 20 heavy (non-hydrogen) atoms. The summed E-state index contributed by atoms with van der Waals surface area (Å²) in [5, 5.41) is 18.8. The topological polar surface area (TPSA) is 88.0 Å². The van der Waals surface area contributed by atoms with Crippen LogP contribution in [0.1, 0.15) is 27.9 Å². The van der Waals surface area contributed by atoms with E-state index in [0.717, 1.165) is 22.7 Å². The number of hydrogen-bond donors (Lipinski definition) is 2. The third kappa shape index (κ3) is 3.38. The monoisotopic (exact) mass is 288 g/mol. The highest BCUT2D eigenvalue weighted by Crippen LogP contribution is 2.15. The average molecular weight is 288 g/mol.